The van der Waals surface area contributed by atoms with E-state index < -0.39 is 17.8 Å². The van der Waals surface area contributed by atoms with Crippen LogP contribution in [0.1, 0.15) is 26.4 Å². The van der Waals surface area contributed by atoms with E-state index in [1.807, 2.05) is 12.1 Å². The van der Waals surface area contributed by atoms with Crippen molar-refractivity contribution >= 4 is 34.2 Å². The van der Waals surface area contributed by atoms with Crippen LogP contribution in [0.4, 0.5) is 5.00 Å². The topological polar surface area (TPSA) is 121 Å². The van der Waals surface area contributed by atoms with Crippen molar-refractivity contribution in [1.29, 1.82) is 0 Å². The number of rotatable bonds is 4. The number of aromatic carboxylic acids is 1. The van der Waals surface area contributed by atoms with Gasteiger partial charge in [-0.2, -0.15) is 0 Å². The maximum atomic E-state index is 11.6. The van der Waals surface area contributed by atoms with Crippen LogP contribution < -0.4 is 22.6 Å². The van der Waals surface area contributed by atoms with Crippen LogP contribution in [-0.4, -0.2) is 39.6 Å². The molecule has 1 aliphatic heterocycles. The number of carboxylic acid groups (broad SMARTS) is 2. The molecule has 1 atom stereocenters. The smallest absolute Gasteiger partial charge is 0.394 e. The number of hydrogen-bond acceptors (Lipinski definition) is 5. The van der Waals surface area contributed by atoms with E-state index in [0.717, 1.165) is 34.9 Å². The van der Waals surface area contributed by atoms with Crippen LogP contribution in [0.5, 0.6) is 0 Å². The number of aromatic nitrogens is 1. The highest BCUT2D eigenvalue weighted by Gasteiger charge is 2.31. The van der Waals surface area contributed by atoms with Gasteiger partial charge in [-0.3, -0.25) is 9.78 Å². The number of amides is 1. The number of fused-ring (bicyclic) bond motifs is 1. The molecule has 3 heterocycles. The Morgan fingerprint density at radius 2 is 2.08 bits per heavy atom. The Hall–Kier alpha value is -2.49. The third-order valence-corrected chi connectivity index (χ3v) is 5.19. The van der Waals surface area contributed by atoms with Crippen LogP contribution in [0.25, 0.3) is 0 Å². The zero-order chi connectivity index (χ0) is 18.0. The molecule has 0 fully saturated rings. The Morgan fingerprint density at radius 1 is 1.31 bits per heavy atom. The van der Waals surface area contributed by atoms with Crippen molar-refractivity contribution in [2.45, 2.75) is 19.5 Å². The second-order valence-electron chi connectivity index (χ2n) is 5.74. The lowest BCUT2D eigenvalue weighted by molar-refractivity contribution is -0.929. The number of hydrogen-bond donors (Lipinski definition) is 4. The number of aliphatic carboxylic acids is 1. The lowest BCUT2D eigenvalue weighted by Gasteiger charge is -2.24. The average molecular weight is 398 g/mol. The average Bonchev–Trinajstić information content (AvgIpc) is 2.92. The van der Waals surface area contributed by atoms with Crippen molar-refractivity contribution < 1.29 is 41.9 Å². The van der Waals surface area contributed by atoms with Gasteiger partial charge < -0.3 is 32.8 Å². The molecule has 0 aliphatic carbocycles. The minimum atomic E-state index is -1.65. The van der Waals surface area contributed by atoms with Crippen LogP contribution in [0, 0.1) is 0 Å². The fourth-order valence-electron chi connectivity index (χ4n) is 2.95. The number of nitrogens with one attached hydrogen (secondary N) is 2. The third kappa shape index (κ3) is 4.18. The molecule has 2 aromatic heterocycles. The number of nitrogens with zero attached hydrogens (tertiary/aromatic N) is 1. The van der Waals surface area contributed by atoms with Crippen LogP contribution in [0.3, 0.4) is 0 Å². The second kappa shape index (κ2) is 8.26. The van der Waals surface area contributed by atoms with Crippen molar-refractivity contribution in [3.05, 3.63) is 46.1 Å². The summed E-state index contributed by atoms with van der Waals surface area (Å²) in [6.45, 7) is 2.15. The molecule has 0 bridgehead atoms. The number of halogens is 1. The Bertz CT molecular complexity index is 840. The molecule has 3 rings (SSSR count). The number of carboxylic acids is 2. The summed E-state index contributed by atoms with van der Waals surface area (Å²) in [7, 11) is 0. The minimum absolute atomic E-state index is 0. The SMILES string of the molecule is O=C(O)C(=O)Nc1sc2c(c1C(=O)O)CC[NH+](Cc1cccnc1)C2.[Cl-]. The second-order valence-corrected chi connectivity index (χ2v) is 6.84. The first-order valence-electron chi connectivity index (χ1n) is 7.60. The molecule has 0 saturated carbocycles. The molecule has 10 heteroatoms. The minimum Gasteiger partial charge on any atom is -1.00 e. The Balaban J connectivity index is 0.00000243. The first-order chi connectivity index (χ1) is 12.0. The van der Waals surface area contributed by atoms with Crippen LogP contribution in [0.15, 0.2) is 24.5 Å². The van der Waals surface area contributed by atoms with E-state index in [1.54, 1.807) is 12.4 Å². The molecular formula is C16H16ClN3O5S. The summed E-state index contributed by atoms with van der Waals surface area (Å²) < 4.78 is 0. The molecule has 8 nitrogen and oxygen atoms in total. The lowest BCUT2D eigenvalue weighted by atomic mass is 10.0. The van der Waals surface area contributed by atoms with Gasteiger partial charge >= 0.3 is 17.8 Å². The number of anilines is 1. The van der Waals surface area contributed by atoms with Crippen molar-refractivity contribution in [1.82, 2.24) is 4.98 Å². The number of carbonyl (C=O) groups excluding carboxylic acids is 1. The Labute approximate surface area is 158 Å². The quantitative estimate of drug-likeness (QED) is 0.408. The van der Waals surface area contributed by atoms with Gasteiger partial charge in [0, 0.05) is 24.4 Å². The van der Waals surface area contributed by atoms with Gasteiger partial charge in [-0.15, -0.1) is 11.3 Å². The number of pyridine rings is 1. The Morgan fingerprint density at radius 3 is 2.69 bits per heavy atom. The summed E-state index contributed by atoms with van der Waals surface area (Å²) in [5, 5.41) is 20.5. The van der Waals surface area contributed by atoms with Crippen LogP contribution in [0.2, 0.25) is 0 Å². The van der Waals surface area contributed by atoms with E-state index in [1.165, 1.54) is 4.90 Å². The molecular weight excluding hydrogens is 382 g/mol. The van der Waals surface area contributed by atoms with Gasteiger partial charge in [0.1, 0.15) is 18.1 Å². The molecule has 4 N–H and O–H groups in total. The highest BCUT2D eigenvalue weighted by molar-refractivity contribution is 7.17. The molecule has 0 radical (unpaired) electrons. The molecule has 1 amide bonds. The fourth-order valence-corrected chi connectivity index (χ4v) is 4.26. The van der Waals surface area contributed by atoms with E-state index in [9.17, 15) is 19.5 Å². The van der Waals surface area contributed by atoms with Gasteiger partial charge in [0.25, 0.3) is 0 Å². The zero-order valence-electron chi connectivity index (χ0n) is 13.5. The number of carbonyl (C=O) groups is 3. The Kier molecular flexibility index (Phi) is 6.30. The number of thiophene rings is 1. The van der Waals surface area contributed by atoms with E-state index in [-0.39, 0.29) is 23.0 Å². The molecule has 2 aromatic rings. The van der Waals surface area contributed by atoms with E-state index in [4.69, 9.17) is 5.11 Å². The van der Waals surface area contributed by atoms with Gasteiger partial charge in [0.15, 0.2) is 0 Å². The summed E-state index contributed by atoms with van der Waals surface area (Å²) >= 11 is 1.14. The lowest BCUT2D eigenvalue weighted by Crippen LogP contribution is -3.10. The van der Waals surface area contributed by atoms with E-state index in [0.29, 0.717) is 18.5 Å². The first-order valence-corrected chi connectivity index (χ1v) is 8.42. The predicted octanol–water partition coefficient (Wildman–Crippen LogP) is -2.99. The monoisotopic (exact) mass is 397 g/mol. The molecule has 0 saturated heterocycles. The van der Waals surface area contributed by atoms with Gasteiger partial charge in [0.2, 0.25) is 0 Å². The summed E-state index contributed by atoms with van der Waals surface area (Å²) in [4.78, 5) is 39.9. The van der Waals surface area contributed by atoms with Gasteiger partial charge in [-0.05, 0) is 11.6 Å². The van der Waals surface area contributed by atoms with Crippen LogP contribution >= 0.6 is 11.3 Å². The first kappa shape index (κ1) is 19.8. The zero-order valence-corrected chi connectivity index (χ0v) is 15.1. The summed E-state index contributed by atoms with van der Waals surface area (Å²) in [5.41, 5.74) is 1.79. The molecule has 0 aromatic carbocycles. The normalized spacial score (nSPS) is 15.5. The van der Waals surface area contributed by atoms with Crippen molar-refractivity contribution in [2.24, 2.45) is 0 Å². The summed E-state index contributed by atoms with van der Waals surface area (Å²) in [6.07, 6.45) is 4.08. The highest BCUT2D eigenvalue weighted by Crippen LogP contribution is 2.34. The van der Waals surface area contributed by atoms with E-state index >= 15 is 0 Å². The largest absolute Gasteiger partial charge is 1.00 e. The standard InChI is InChI=1S/C16H15N3O5S.ClH/c20-13(16(23)24)18-14-12(15(21)22)10-3-5-19(8-11(10)25-14)7-9-2-1-4-17-6-9;/h1-2,4,6H,3,5,7-8H2,(H,18,20)(H,21,22)(H,23,24);1H. The van der Waals surface area contributed by atoms with Crippen molar-refractivity contribution in [3.63, 3.8) is 0 Å². The molecule has 1 unspecified atom stereocenters. The summed E-state index contributed by atoms with van der Waals surface area (Å²) in [5.74, 6) is -4.04. The van der Waals surface area contributed by atoms with E-state index in [2.05, 4.69) is 10.3 Å². The van der Waals surface area contributed by atoms with Gasteiger partial charge in [0.05, 0.1) is 17.0 Å². The van der Waals surface area contributed by atoms with Crippen LogP contribution in [-0.2, 0) is 29.1 Å². The fraction of sp³-hybridized carbons (Fsp3) is 0.250. The molecule has 138 valence electrons. The number of quaternary nitrogens is 1. The molecule has 0 spiro atoms. The van der Waals surface area contributed by atoms with Crippen molar-refractivity contribution in [3.8, 4) is 0 Å². The van der Waals surface area contributed by atoms with Gasteiger partial charge in [-0.1, -0.05) is 6.07 Å². The maximum Gasteiger partial charge on any atom is 0.394 e. The third-order valence-electron chi connectivity index (χ3n) is 4.04. The van der Waals surface area contributed by atoms with Crippen molar-refractivity contribution in [2.75, 3.05) is 11.9 Å². The van der Waals surface area contributed by atoms with Gasteiger partial charge in [-0.25, -0.2) is 9.59 Å². The molecule has 1 aliphatic rings. The maximum absolute atomic E-state index is 11.6. The summed E-state index contributed by atoms with van der Waals surface area (Å²) in [6, 6.07) is 3.86. The predicted molar refractivity (Wildman–Crippen MR) is 88.7 cm³/mol. The highest BCUT2D eigenvalue weighted by atomic mass is 35.5. The molecule has 26 heavy (non-hydrogen) atoms.